The Bertz CT molecular complexity index is 570. The van der Waals surface area contributed by atoms with Crippen LogP contribution in [0.1, 0.15) is 11.1 Å². The molecule has 2 aromatic carbocycles. The van der Waals surface area contributed by atoms with E-state index in [1.807, 2.05) is 37.4 Å². The molecule has 2 rings (SSSR count). The smallest absolute Gasteiger partial charge is 0.123 e. The van der Waals surface area contributed by atoms with Crippen LogP contribution in [-0.2, 0) is 6.54 Å². The predicted octanol–water partition coefficient (Wildman–Crippen LogP) is 3.93. The zero-order valence-corrected chi connectivity index (χ0v) is 13.9. The number of aryl methyl sites for hydroxylation is 1. The third-order valence-corrected chi connectivity index (χ3v) is 3.54. The van der Waals surface area contributed by atoms with Crippen LogP contribution < -0.4 is 14.8 Å². The minimum absolute atomic E-state index is 0.522. The van der Waals surface area contributed by atoms with Crippen LogP contribution in [0.15, 0.2) is 46.9 Å². The lowest BCUT2D eigenvalue weighted by Crippen LogP contribution is -2.12. The summed E-state index contributed by atoms with van der Waals surface area (Å²) in [6.45, 7) is 3.93. The molecule has 0 unspecified atom stereocenters. The van der Waals surface area contributed by atoms with E-state index in [2.05, 4.69) is 40.3 Å². The molecule has 112 valence electrons. The van der Waals surface area contributed by atoms with Crippen LogP contribution in [0.3, 0.4) is 0 Å². The second kappa shape index (κ2) is 8.05. The Morgan fingerprint density at radius 1 is 1.00 bits per heavy atom. The lowest BCUT2D eigenvalue weighted by atomic mass is 10.1. The Morgan fingerprint density at radius 2 is 1.71 bits per heavy atom. The van der Waals surface area contributed by atoms with Crippen LogP contribution >= 0.6 is 15.9 Å². The van der Waals surface area contributed by atoms with Gasteiger partial charge in [-0.15, -0.1) is 0 Å². The third kappa shape index (κ3) is 5.06. The largest absolute Gasteiger partial charge is 0.490 e. The summed E-state index contributed by atoms with van der Waals surface area (Å²) in [6.07, 6.45) is 0. The van der Waals surface area contributed by atoms with Crippen LogP contribution in [0.25, 0.3) is 0 Å². The average Bonchev–Trinajstić information content (AvgIpc) is 2.48. The summed E-state index contributed by atoms with van der Waals surface area (Å²) in [5.41, 5.74) is 2.40. The predicted molar refractivity (Wildman–Crippen MR) is 89.1 cm³/mol. The van der Waals surface area contributed by atoms with Gasteiger partial charge in [-0.1, -0.05) is 33.6 Å². The van der Waals surface area contributed by atoms with Crippen LogP contribution in [0.4, 0.5) is 0 Å². The molecule has 21 heavy (non-hydrogen) atoms. The van der Waals surface area contributed by atoms with Gasteiger partial charge in [-0.25, -0.2) is 0 Å². The first-order valence-corrected chi connectivity index (χ1v) is 7.73. The number of rotatable bonds is 7. The molecular formula is C17H20BrNO2. The van der Waals surface area contributed by atoms with Gasteiger partial charge in [-0.3, -0.25) is 0 Å². The van der Waals surface area contributed by atoms with Gasteiger partial charge < -0.3 is 14.8 Å². The Labute approximate surface area is 134 Å². The SMILES string of the molecule is CNCc1cc(C)ccc1OCCOc1ccc(Br)cc1. The van der Waals surface area contributed by atoms with Crippen molar-refractivity contribution in [2.24, 2.45) is 0 Å². The Hall–Kier alpha value is -1.52. The highest BCUT2D eigenvalue weighted by Gasteiger charge is 2.03. The summed E-state index contributed by atoms with van der Waals surface area (Å²) in [4.78, 5) is 0. The molecule has 0 fully saturated rings. The highest BCUT2D eigenvalue weighted by Crippen LogP contribution is 2.20. The number of hydrogen-bond acceptors (Lipinski definition) is 3. The van der Waals surface area contributed by atoms with E-state index in [9.17, 15) is 0 Å². The number of halogens is 1. The maximum atomic E-state index is 5.82. The van der Waals surface area contributed by atoms with E-state index >= 15 is 0 Å². The second-order valence-corrected chi connectivity index (χ2v) is 5.71. The lowest BCUT2D eigenvalue weighted by Gasteiger charge is -2.13. The van der Waals surface area contributed by atoms with Crippen molar-refractivity contribution in [2.45, 2.75) is 13.5 Å². The van der Waals surface area contributed by atoms with E-state index in [4.69, 9.17) is 9.47 Å². The maximum Gasteiger partial charge on any atom is 0.123 e. The molecule has 2 aromatic rings. The first-order chi connectivity index (χ1) is 10.2. The number of ether oxygens (including phenoxy) is 2. The van der Waals surface area contributed by atoms with Crippen molar-refractivity contribution in [3.8, 4) is 11.5 Å². The van der Waals surface area contributed by atoms with Crippen molar-refractivity contribution in [3.63, 3.8) is 0 Å². The molecule has 0 saturated heterocycles. The van der Waals surface area contributed by atoms with Gasteiger partial charge in [-0.05, 0) is 44.3 Å². The highest BCUT2D eigenvalue weighted by atomic mass is 79.9. The monoisotopic (exact) mass is 349 g/mol. The van der Waals surface area contributed by atoms with Gasteiger partial charge in [0.15, 0.2) is 0 Å². The number of hydrogen-bond donors (Lipinski definition) is 1. The van der Waals surface area contributed by atoms with Gasteiger partial charge >= 0.3 is 0 Å². The Kier molecular flexibility index (Phi) is 6.08. The molecule has 1 N–H and O–H groups in total. The van der Waals surface area contributed by atoms with E-state index in [1.165, 1.54) is 11.1 Å². The minimum atomic E-state index is 0.522. The van der Waals surface area contributed by atoms with E-state index in [-0.39, 0.29) is 0 Å². The number of nitrogens with one attached hydrogen (secondary N) is 1. The third-order valence-electron chi connectivity index (χ3n) is 3.01. The van der Waals surface area contributed by atoms with Crippen molar-refractivity contribution in [1.29, 1.82) is 0 Å². The van der Waals surface area contributed by atoms with Gasteiger partial charge in [0.2, 0.25) is 0 Å². The van der Waals surface area contributed by atoms with Crippen molar-refractivity contribution in [2.75, 3.05) is 20.3 Å². The van der Waals surface area contributed by atoms with E-state index in [0.29, 0.717) is 13.2 Å². The van der Waals surface area contributed by atoms with E-state index in [0.717, 1.165) is 22.5 Å². The first kappa shape index (κ1) is 15.9. The summed E-state index contributed by atoms with van der Waals surface area (Å²) in [7, 11) is 1.93. The van der Waals surface area contributed by atoms with E-state index < -0.39 is 0 Å². The Balaban J connectivity index is 1.84. The zero-order chi connectivity index (χ0) is 15.1. The summed E-state index contributed by atoms with van der Waals surface area (Å²) >= 11 is 3.40. The van der Waals surface area contributed by atoms with Gasteiger partial charge in [0, 0.05) is 16.6 Å². The molecule has 0 atom stereocenters. The molecule has 0 aromatic heterocycles. The molecule has 0 aliphatic carbocycles. The lowest BCUT2D eigenvalue weighted by molar-refractivity contribution is 0.215. The topological polar surface area (TPSA) is 30.5 Å². The molecule has 3 nitrogen and oxygen atoms in total. The second-order valence-electron chi connectivity index (χ2n) is 4.79. The summed E-state index contributed by atoms with van der Waals surface area (Å²) in [5, 5.41) is 3.16. The summed E-state index contributed by atoms with van der Waals surface area (Å²) in [6, 6.07) is 14.0. The summed E-state index contributed by atoms with van der Waals surface area (Å²) < 4.78 is 12.5. The molecule has 0 amide bonds. The molecular weight excluding hydrogens is 330 g/mol. The average molecular weight is 350 g/mol. The Morgan fingerprint density at radius 3 is 2.43 bits per heavy atom. The fourth-order valence-corrected chi connectivity index (χ4v) is 2.28. The van der Waals surface area contributed by atoms with Crippen LogP contribution in [-0.4, -0.2) is 20.3 Å². The maximum absolute atomic E-state index is 5.82. The molecule has 0 aliphatic heterocycles. The van der Waals surface area contributed by atoms with Crippen molar-refractivity contribution in [1.82, 2.24) is 5.32 Å². The normalized spacial score (nSPS) is 10.4. The number of benzene rings is 2. The molecule has 0 spiro atoms. The molecule has 4 heteroatoms. The molecule has 0 heterocycles. The van der Waals surface area contributed by atoms with Crippen LogP contribution in [0.2, 0.25) is 0 Å². The van der Waals surface area contributed by atoms with Crippen LogP contribution in [0.5, 0.6) is 11.5 Å². The molecule has 0 saturated carbocycles. The molecule has 0 aliphatic rings. The van der Waals surface area contributed by atoms with Crippen LogP contribution in [0, 0.1) is 6.92 Å². The quantitative estimate of drug-likeness (QED) is 0.768. The van der Waals surface area contributed by atoms with Gasteiger partial charge in [0.1, 0.15) is 24.7 Å². The van der Waals surface area contributed by atoms with Gasteiger partial charge in [0.25, 0.3) is 0 Å². The van der Waals surface area contributed by atoms with Crippen molar-refractivity contribution < 1.29 is 9.47 Å². The fraction of sp³-hybridized carbons (Fsp3) is 0.294. The van der Waals surface area contributed by atoms with Crippen molar-refractivity contribution in [3.05, 3.63) is 58.1 Å². The zero-order valence-electron chi connectivity index (χ0n) is 12.4. The van der Waals surface area contributed by atoms with Crippen molar-refractivity contribution >= 4 is 15.9 Å². The van der Waals surface area contributed by atoms with E-state index in [1.54, 1.807) is 0 Å². The fourth-order valence-electron chi connectivity index (χ4n) is 2.02. The molecule has 0 bridgehead atoms. The van der Waals surface area contributed by atoms with Gasteiger partial charge in [0.05, 0.1) is 0 Å². The minimum Gasteiger partial charge on any atom is -0.490 e. The highest BCUT2D eigenvalue weighted by molar-refractivity contribution is 9.10. The standard InChI is InChI=1S/C17H20BrNO2/c1-13-3-8-17(14(11-13)12-19-2)21-10-9-20-16-6-4-15(18)5-7-16/h3-8,11,19H,9-10,12H2,1-2H3. The molecule has 0 radical (unpaired) electrons. The first-order valence-electron chi connectivity index (χ1n) is 6.94. The van der Waals surface area contributed by atoms with Gasteiger partial charge in [-0.2, -0.15) is 0 Å². The summed E-state index contributed by atoms with van der Waals surface area (Å²) in [5.74, 6) is 1.76.